The zero-order valence-corrected chi connectivity index (χ0v) is 10.2. The summed E-state index contributed by atoms with van der Waals surface area (Å²) in [6.45, 7) is 1.79. The van der Waals surface area contributed by atoms with E-state index in [0.717, 1.165) is 5.56 Å². The minimum Gasteiger partial charge on any atom is -0.409 e. The SMILES string of the molecule is CC(O)(CO)CNCc1cccnc1C(N)=NO. The molecule has 1 aromatic heterocycles. The molecule has 0 spiro atoms. The van der Waals surface area contributed by atoms with Gasteiger partial charge in [0.25, 0.3) is 0 Å². The van der Waals surface area contributed by atoms with Crippen molar-refractivity contribution in [1.82, 2.24) is 10.3 Å². The molecule has 100 valence electrons. The minimum atomic E-state index is -1.18. The third-order valence-electron chi connectivity index (χ3n) is 2.40. The summed E-state index contributed by atoms with van der Waals surface area (Å²) in [5.74, 6) is -0.0682. The van der Waals surface area contributed by atoms with E-state index in [-0.39, 0.29) is 19.0 Å². The van der Waals surface area contributed by atoms with Gasteiger partial charge in [-0.05, 0) is 18.6 Å². The summed E-state index contributed by atoms with van der Waals surface area (Å²) in [4.78, 5) is 4.02. The molecule has 0 aromatic carbocycles. The molecule has 0 bridgehead atoms. The molecule has 0 amide bonds. The molecule has 1 aromatic rings. The molecule has 0 aliphatic rings. The Labute approximate surface area is 105 Å². The van der Waals surface area contributed by atoms with Crippen LogP contribution in [-0.4, -0.2) is 45.0 Å². The lowest BCUT2D eigenvalue weighted by Crippen LogP contribution is -2.40. The standard InChI is InChI=1S/C11H18N4O3/c1-11(17,7-16)6-13-5-8-3-2-4-14-9(8)10(12)15-18/h2-4,13,16-18H,5-7H2,1H3,(H2,12,15). The number of hydrogen-bond acceptors (Lipinski definition) is 6. The van der Waals surface area contributed by atoms with Gasteiger partial charge in [0.15, 0.2) is 5.84 Å². The normalized spacial score (nSPS) is 15.4. The summed E-state index contributed by atoms with van der Waals surface area (Å²) >= 11 is 0. The molecule has 0 aliphatic heterocycles. The third kappa shape index (κ3) is 3.95. The van der Waals surface area contributed by atoms with Crippen LogP contribution >= 0.6 is 0 Å². The Hall–Kier alpha value is -1.70. The lowest BCUT2D eigenvalue weighted by molar-refractivity contribution is 0.00253. The van der Waals surface area contributed by atoms with Crippen molar-refractivity contribution >= 4 is 5.84 Å². The molecule has 0 saturated heterocycles. The average molecular weight is 254 g/mol. The van der Waals surface area contributed by atoms with Gasteiger partial charge < -0.3 is 26.5 Å². The maximum absolute atomic E-state index is 9.61. The van der Waals surface area contributed by atoms with Crippen molar-refractivity contribution in [2.45, 2.75) is 19.1 Å². The van der Waals surface area contributed by atoms with Crippen molar-refractivity contribution in [2.24, 2.45) is 10.9 Å². The Kier molecular flexibility index (Phi) is 5.02. The molecule has 7 nitrogen and oxygen atoms in total. The highest BCUT2D eigenvalue weighted by Crippen LogP contribution is 2.06. The number of aliphatic hydroxyl groups is 2. The summed E-state index contributed by atoms with van der Waals surface area (Å²) < 4.78 is 0. The second kappa shape index (κ2) is 6.29. The summed E-state index contributed by atoms with van der Waals surface area (Å²) in [6, 6.07) is 3.51. The van der Waals surface area contributed by atoms with Gasteiger partial charge in [0.2, 0.25) is 0 Å². The van der Waals surface area contributed by atoms with Crippen molar-refractivity contribution in [3.63, 3.8) is 0 Å². The maximum Gasteiger partial charge on any atom is 0.189 e. The van der Waals surface area contributed by atoms with Crippen molar-refractivity contribution < 1.29 is 15.4 Å². The summed E-state index contributed by atoms with van der Waals surface area (Å²) in [5.41, 5.74) is 5.44. The monoisotopic (exact) mass is 254 g/mol. The zero-order valence-electron chi connectivity index (χ0n) is 10.2. The predicted octanol–water partition coefficient (Wildman–Crippen LogP) is -0.991. The van der Waals surface area contributed by atoms with Crippen LogP contribution in [0.3, 0.4) is 0 Å². The van der Waals surface area contributed by atoms with E-state index in [1.165, 1.54) is 6.92 Å². The minimum absolute atomic E-state index is 0.0682. The molecule has 1 heterocycles. The first-order chi connectivity index (χ1) is 8.50. The van der Waals surface area contributed by atoms with Gasteiger partial charge in [0, 0.05) is 19.3 Å². The van der Waals surface area contributed by atoms with Crippen LogP contribution in [0.1, 0.15) is 18.2 Å². The summed E-state index contributed by atoms with van der Waals surface area (Å²) in [7, 11) is 0. The molecular formula is C11H18N4O3. The molecule has 0 aliphatic carbocycles. The first-order valence-electron chi connectivity index (χ1n) is 5.46. The van der Waals surface area contributed by atoms with Gasteiger partial charge in [-0.3, -0.25) is 4.98 Å². The third-order valence-corrected chi connectivity index (χ3v) is 2.40. The molecule has 1 rings (SSSR count). The number of nitrogens with one attached hydrogen (secondary N) is 1. The van der Waals surface area contributed by atoms with Gasteiger partial charge in [0.05, 0.1) is 12.2 Å². The van der Waals surface area contributed by atoms with E-state index in [1.54, 1.807) is 18.3 Å². The second-order valence-corrected chi connectivity index (χ2v) is 4.25. The number of rotatable bonds is 6. The lowest BCUT2D eigenvalue weighted by atomic mass is 10.1. The van der Waals surface area contributed by atoms with Crippen molar-refractivity contribution in [3.05, 3.63) is 29.6 Å². The number of amidine groups is 1. The van der Waals surface area contributed by atoms with Gasteiger partial charge in [0.1, 0.15) is 5.69 Å². The van der Waals surface area contributed by atoms with Crippen LogP contribution < -0.4 is 11.1 Å². The Morgan fingerprint density at radius 3 is 2.94 bits per heavy atom. The van der Waals surface area contributed by atoms with Gasteiger partial charge in [-0.15, -0.1) is 0 Å². The Balaban J connectivity index is 2.68. The van der Waals surface area contributed by atoms with Crippen LogP contribution in [0.4, 0.5) is 0 Å². The maximum atomic E-state index is 9.61. The predicted molar refractivity (Wildman–Crippen MR) is 66.2 cm³/mol. The Bertz CT molecular complexity index is 421. The molecule has 0 saturated carbocycles. The fraction of sp³-hybridized carbons (Fsp3) is 0.455. The molecule has 1 atom stereocenters. The highest BCUT2D eigenvalue weighted by molar-refractivity contribution is 5.96. The van der Waals surface area contributed by atoms with E-state index < -0.39 is 5.60 Å². The van der Waals surface area contributed by atoms with E-state index >= 15 is 0 Å². The van der Waals surface area contributed by atoms with Crippen molar-refractivity contribution in [3.8, 4) is 0 Å². The number of hydrogen-bond donors (Lipinski definition) is 5. The average Bonchev–Trinajstić information content (AvgIpc) is 2.38. The number of pyridine rings is 1. The van der Waals surface area contributed by atoms with Crippen molar-refractivity contribution in [2.75, 3.05) is 13.2 Å². The van der Waals surface area contributed by atoms with Gasteiger partial charge in [-0.25, -0.2) is 0 Å². The first kappa shape index (κ1) is 14.4. The van der Waals surface area contributed by atoms with Gasteiger partial charge in [-0.2, -0.15) is 0 Å². The fourth-order valence-corrected chi connectivity index (χ4v) is 1.38. The second-order valence-electron chi connectivity index (χ2n) is 4.25. The van der Waals surface area contributed by atoms with Gasteiger partial charge in [-0.1, -0.05) is 11.2 Å². The molecule has 7 heteroatoms. The Morgan fingerprint density at radius 1 is 1.61 bits per heavy atom. The highest BCUT2D eigenvalue weighted by atomic mass is 16.4. The van der Waals surface area contributed by atoms with E-state index in [4.69, 9.17) is 16.0 Å². The molecular weight excluding hydrogens is 236 g/mol. The topological polar surface area (TPSA) is 124 Å². The first-order valence-corrected chi connectivity index (χ1v) is 5.46. The van der Waals surface area contributed by atoms with Crippen LogP contribution in [0, 0.1) is 0 Å². The van der Waals surface area contributed by atoms with E-state index in [1.807, 2.05) is 0 Å². The van der Waals surface area contributed by atoms with Crippen LogP contribution in [0.5, 0.6) is 0 Å². The van der Waals surface area contributed by atoms with Crippen molar-refractivity contribution in [1.29, 1.82) is 0 Å². The van der Waals surface area contributed by atoms with Crippen LogP contribution in [-0.2, 0) is 6.54 Å². The molecule has 1 unspecified atom stereocenters. The van der Waals surface area contributed by atoms with Crippen LogP contribution in [0.25, 0.3) is 0 Å². The Morgan fingerprint density at radius 2 is 2.33 bits per heavy atom. The molecule has 0 radical (unpaired) electrons. The molecule has 0 fully saturated rings. The number of nitrogens with two attached hydrogens (primary N) is 1. The molecule has 6 N–H and O–H groups in total. The van der Waals surface area contributed by atoms with Crippen LogP contribution in [0.15, 0.2) is 23.5 Å². The summed E-state index contributed by atoms with van der Waals surface area (Å²) in [6.07, 6.45) is 1.54. The molecule has 18 heavy (non-hydrogen) atoms. The van der Waals surface area contributed by atoms with Crippen LogP contribution in [0.2, 0.25) is 0 Å². The number of aromatic nitrogens is 1. The zero-order chi connectivity index (χ0) is 13.6. The quantitative estimate of drug-likeness (QED) is 0.192. The number of oxime groups is 1. The van der Waals surface area contributed by atoms with E-state index in [0.29, 0.717) is 12.2 Å². The summed E-state index contributed by atoms with van der Waals surface area (Å²) in [5, 5.41) is 33.0. The number of nitrogens with zero attached hydrogens (tertiary/aromatic N) is 2. The lowest BCUT2D eigenvalue weighted by Gasteiger charge is -2.20. The van der Waals surface area contributed by atoms with Gasteiger partial charge >= 0.3 is 0 Å². The smallest absolute Gasteiger partial charge is 0.189 e. The largest absolute Gasteiger partial charge is 0.409 e. The highest BCUT2D eigenvalue weighted by Gasteiger charge is 2.18. The fourth-order valence-electron chi connectivity index (χ4n) is 1.38. The van der Waals surface area contributed by atoms with E-state index in [2.05, 4.69) is 15.5 Å². The number of aliphatic hydroxyl groups excluding tert-OH is 1. The van der Waals surface area contributed by atoms with E-state index in [9.17, 15) is 5.11 Å².